The maximum absolute atomic E-state index is 13.8. The third kappa shape index (κ3) is 16.2. The Bertz CT molecular complexity index is 3020. The molecule has 27 heteroatoms. The number of piperidine rings is 3. The average molecular weight is 1510 g/mol. The lowest BCUT2D eigenvalue weighted by Crippen LogP contribution is -2.54. The predicted molar refractivity (Wildman–Crippen MR) is 326 cm³/mol. The fourth-order valence-electron chi connectivity index (χ4n) is 10.4. The Labute approximate surface area is 521 Å². The first-order chi connectivity index (χ1) is 38.7. The first-order valence-corrected chi connectivity index (χ1v) is 29.5. The molecule has 6 aromatic rings. The smallest absolute Gasteiger partial charge is 0.408 e. The molecule has 17 nitrogen and oxygen atoms in total. The number of benzene rings is 3. The summed E-state index contributed by atoms with van der Waals surface area (Å²) in [5.41, 5.74) is 13.2. The summed E-state index contributed by atoms with van der Waals surface area (Å²) in [5, 5.41) is 6.26. The Morgan fingerprint density at radius 1 is 0.598 bits per heavy atom. The van der Waals surface area contributed by atoms with Crippen LogP contribution < -0.4 is 46.1 Å². The summed E-state index contributed by atoms with van der Waals surface area (Å²) in [5.74, 6) is 2.36. The SMILES string of the molecule is Brc1cnc(Br)cn1.C.CC(C)(C)OC(=O)N[C@@H]1c2ccc(F)cc2OC12CCN(c1cnc(Br)cn1)CC2.CF.FI.N[C@@H]1c2ccc(F)cc2OC12CCN(c1cnc(Br)cn1)CC2.N[C@@H]1c2ccc(F)cc2OC12CCNCC2. The normalized spacial score (nSPS) is 19.7. The Morgan fingerprint density at radius 3 is 1.32 bits per heavy atom. The standard InChI is InChI=1S/C21H24BrFN4O3.C16H16BrFN4O.C12H15FN2O.C4H2Br2N2.CH3F.CH4.FI/c1-20(2,3)30-19(28)26-18-14-5-4-13(23)10-15(14)29-21(18)6-8-27(9-7-21)17-12-24-16(22)11-25-17;17-13-8-21-14(9-20-13)22-5-3-16(4-6-22)15(19)11-2-1-10(18)7-12(11)23-16;13-8-1-2-9-10(7-8)16-12(11(9)14)3-5-15-6-4-12;5-3-1-7-4(6)2-8-3;1-2;;1-2/h4-5,10-12,18H,6-9H2,1-3H3,(H,26,28);1-2,7-9,15H,3-6,19H2;1-2,7,11,15H,3-6,14H2;1-2H;1H3;1H4;/t18-;15-;11-;;;;/m111..../s1. The molecule has 0 aliphatic carbocycles. The van der Waals surface area contributed by atoms with Crippen molar-refractivity contribution in [3.8, 4) is 17.2 Å². The molecule has 1 amide bonds. The van der Waals surface area contributed by atoms with Gasteiger partial charge in [0.1, 0.15) is 93.2 Å². The minimum absolute atomic E-state index is 0. The molecule has 0 bridgehead atoms. The number of nitrogens with two attached hydrogens (primary N) is 2. The van der Waals surface area contributed by atoms with Crippen molar-refractivity contribution in [2.45, 2.75) is 107 Å². The number of anilines is 2. The summed E-state index contributed by atoms with van der Waals surface area (Å²) >= 11 is 13.5. The second-order valence-corrected chi connectivity index (χ2v) is 23.6. The molecule has 9 heterocycles. The second kappa shape index (κ2) is 29.4. The number of hydrogen-bond donors (Lipinski definition) is 4. The van der Waals surface area contributed by atoms with E-state index < -0.39 is 28.9 Å². The Balaban J connectivity index is 0.000000184. The van der Waals surface area contributed by atoms with E-state index >= 15 is 0 Å². The first kappa shape index (κ1) is 66.5. The van der Waals surface area contributed by atoms with Crippen molar-refractivity contribution in [3.05, 3.63) is 144 Å². The number of carbonyl (C=O) groups excluding carboxylic acids is 1. The van der Waals surface area contributed by atoms with Crippen LogP contribution in [0.5, 0.6) is 17.2 Å². The van der Waals surface area contributed by atoms with Crippen molar-refractivity contribution in [1.29, 1.82) is 0 Å². The lowest BCUT2D eigenvalue weighted by atomic mass is 9.82. The van der Waals surface area contributed by atoms with E-state index in [-0.39, 0.29) is 42.6 Å². The minimum atomic E-state index is -0.674. The maximum atomic E-state index is 13.8. The van der Waals surface area contributed by atoms with Gasteiger partial charge in [0.2, 0.25) is 0 Å². The van der Waals surface area contributed by atoms with Crippen LogP contribution in [0.3, 0.4) is 0 Å². The molecule has 3 atom stereocenters. The van der Waals surface area contributed by atoms with Crippen LogP contribution in [0, 0.1) is 17.5 Å². The Hall–Kier alpha value is -4.65. The van der Waals surface area contributed by atoms with E-state index in [0.29, 0.717) is 82.7 Å². The zero-order valence-electron chi connectivity index (χ0n) is 44.4. The summed E-state index contributed by atoms with van der Waals surface area (Å²) in [7, 11) is 0.500. The fraction of sp³-hybridized carbons (Fsp3) is 0.436. The van der Waals surface area contributed by atoms with Crippen LogP contribution in [0.2, 0.25) is 0 Å². The molecule has 6 N–H and O–H groups in total. The highest BCUT2D eigenvalue weighted by molar-refractivity contribution is 14.1. The van der Waals surface area contributed by atoms with Gasteiger partial charge >= 0.3 is 6.09 Å². The summed E-state index contributed by atoms with van der Waals surface area (Å²) in [6.07, 6.45) is 14.1. The average Bonchev–Trinajstić information content (AvgIpc) is 4.15. The van der Waals surface area contributed by atoms with Gasteiger partial charge in [-0.3, -0.25) is 4.39 Å². The highest BCUT2D eigenvalue weighted by Crippen LogP contribution is 2.50. The lowest BCUT2D eigenvalue weighted by molar-refractivity contribution is 0.0148. The van der Waals surface area contributed by atoms with E-state index in [1.807, 2.05) is 20.8 Å². The number of fused-ring (bicyclic) bond motifs is 3. The minimum Gasteiger partial charge on any atom is -0.485 e. The zero-order valence-corrected chi connectivity index (χ0v) is 52.9. The summed E-state index contributed by atoms with van der Waals surface area (Å²) < 4.78 is 86.0. The Kier molecular flexibility index (Phi) is 23.9. The zero-order chi connectivity index (χ0) is 58.7. The second-order valence-electron chi connectivity index (χ2n) is 20.4. The van der Waals surface area contributed by atoms with E-state index in [1.54, 1.807) is 55.4 Å². The van der Waals surface area contributed by atoms with Crippen LogP contribution in [0.4, 0.5) is 36.9 Å². The van der Waals surface area contributed by atoms with Gasteiger partial charge in [-0.15, -0.1) is 0 Å². The van der Waals surface area contributed by atoms with Gasteiger partial charge in [-0.25, -0.2) is 47.9 Å². The third-order valence-electron chi connectivity index (χ3n) is 14.3. The number of nitrogens with one attached hydrogen (secondary N) is 2. The Morgan fingerprint density at radius 2 is 0.939 bits per heavy atom. The van der Waals surface area contributed by atoms with E-state index in [2.05, 4.69) is 114 Å². The molecule has 6 aliphatic heterocycles. The molecule has 444 valence electrons. The molecular weight excluding hydrogens is 1450 g/mol. The number of nitrogens with zero attached hydrogens (tertiary/aromatic N) is 8. The first-order valence-electron chi connectivity index (χ1n) is 25.5. The third-order valence-corrected chi connectivity index (χ3v) is 15.9. The molecule has 3 fully saturated rings. The molecule has 0 unspecified atom stereocenters. The van der Waals surface area contributed by atoms with E-state index in [0.717, 1.165) is 89.4 Å². The van der Waals surface area contributed by atoms with Gasteiger partial charge in [0.25, 0.3) is 0 Å². The monoisotopic (exact) mass is 1510 g/mol. The van der Waals surface area contributed by atoms with Gasteiger partial charge in [0.05, 0.1) is 56.4 Å². The van der Waals surface area contributed by atoms with Gasteiger partial charge < -0.3 is 50.8 Å². The number of amides is 1. The van der Waals surface area contributed by atoms with Crippen molar-refractivity contribution in [3.63, 3.8) is 0 Å². The number of alkyl halides is 1. The number of hydrogen-bond acceptors (Lipinski definition) is 16. The number of alkyl carbamates (subject to hydrolysis) is 1. The lowest BCUT2D eigenvalue weighted by Gasteiger charge is -2.42. The largest absolute Gasteiger partial charge is 0.485 e. The summed E-state index contributed by atoms with van der Waals surface area (Å²) in [4.78, 5) is 41.9. The molecule has 0 saturated carbocycles. The van der Waals surface area contributed by atoms with Gasteiger partial charge in [-0.05, 0) is 116 Å². The van der Waals surface area contributed by atoms with Crippen molar-refractivity contribution < 1.29 is 44.2 Å². The van der Waals surface area contributed by atoms with Crippen LogP contribution in [0.25, 0.3) is 0 Å². The van der Waals surface area contributed by atoms with Crippen molar-refractivity contribution in [1.82, 2.24) is 40.5 Å². The molecule has 3 aromatic heterocycles. The molecule has 82 heavy (non-hydrogen) atoms. The maximum Gasteiger partial charge on any atom is 0.408 e. The van der Waals surface area contributed by atoms with Crippen molar-refractivity contribution in [2.24, 2.45) is 11.5 Å². The molecular formula is C55H64Br4F5IN12O5. The molecule has 3 aromatic carbocycles. The molecule has 6 aliphatic rings. The number of aromatic nitrogens is 6. The number of ether oxygens (including phenoxy) is 4. The fourth-order valence-corrected chi connectivity index (χ4v) is 11.2. The highest BCUT2D eigenvalue weighted by Gasteiger charge is 2.52. The number of rotatable bonds is 3. The van der Waals surface area contributed by atoms with E-state index in [1.165, 1.54) is 36.4 Å². The number of halogens is 10. The van der Waals surface area contributed by atoms with Gasteiger partial charge in [-0.2, -0.15) is 2.86 Å². The molecule has 3 saturated heterocycles. The summed E-state index contributed by atoms with van der Waals surface area (Å²) in [6.45, 7) is 10.1. The predicted octanol–water partition coefficient (Wildman–Crippen LogP) is 13.1. The quantitative estimate of drug-likeness (QED) is 0.0958. The van der Waals surface area contributed by atoms with Crippen LogP contribution >= 0.6 is 86.9 Å². The van der Waals surface area contributed by atoms with Gasteiger partial charge in [0.15, 0.2) is 23.2 Å². The van der Waals surface area contributed by atoms with Crippen LogP contribution in [0.15, 0.2) is 110 Å². The van der Waals surface area contributed by atoms with E-state index in [9.17, 15) is 25.2 Å². The van der Waals surface area contributed by atoms with Gasteiger partial charge in [-0.1, -0.05) is 25.6 Å². The topological polar surface area (TPSA) is 214 Å². The molecule has 0 radical (unpaired) electrons. The van der Waals surface area contributed by atoms with Crippen LogP contribution in [0.1, 0.15) is 102 Å². The van der Waals surface area contributed by atoms with E-state index in [4.69, 9.17) is 30.4 Å². The van der Waals surface area contributed by atoms with Crippen molar-refractivity contribution >= 4 is 105 Å². The number of carbonyl (C=O) groups is 1. The van der Waals surface area contributed by atoms with Crippen molar-refractivity contribution in [2.75, 3.05) is 56.2 Å². The molecule has 12 rings (SSSR count). The summed E-state index contributed by atoms with van der Waals surface area (Å²) in [6, 6.07) is 12.9. The van der Waals surface area contributed by atoms with Crippen LogP contribution in [-0.2, 0) is 4.74 Å². The highest BCUT2D eigenvalue weighted by atomic mass is 127. The van der Waals surface area contributed by atoms with Gasteiger partial charge in [0, 0.05) is 99.6 Å². The van der Waals surface area contributed by atoms with Crippen LogP contribution in [-0.4, -0.2) is 105 Å². The molecule has 3 spiro atoms.